The summed E-state index contributed by atoms with van der Waals surface area (Å²) < 4.78 is 6.37. The van der Waals surface area contributed by atoms with Gasteiger partial charge in [-0.05, 0) is 30.2 Å². The minimum atomic E-state index is 0.306. The van der Waals surface area contributed by atoms with Gasteiger partial charge in [0.15, 0.2) is 0 Å². The number of hydrogen-bond donors (Lipinski definition) is 0. The predicted molar refractivity (Wildman–Crippen MR) is 101 cm³/mol. The van der Waals surface area contributed by atoms with Gasteiger partial charge in [-0.25, -0.2) is 0 Å². The molecule has 24 heavy (non-hydrogen) atoms. The van der Waals surface area contributed by atoms with Crippen LogP contribution in [-0.4, -0.2) is 52.7 Å². The summed E-state index contributed by atoms with van der Waals surface area (Å²) >= 11 is 5.77. The van der Waals surface area contributed by atoms with E-state index in [-0.39, 0.29) is 0 Å². The van der Waals surface area contributed by atoms with Gasteiger partial charge >= 0.3 is 0 Å². The van der Waals surface area contributed by atoms with Crippen molar-refractivity contribution in [3.05, 3.63) is 35.9 Å². The lowest BCUT2D eigenvalue weighted by Crippen LogP contribution is -2.69. The largest absolute Gasteiger partial charge is 0.373 e. The summed E-state index contributed by atoms with van der Waals surface area (Å²) in [6, 6.07) is 11.8. The lowest BCUT2D eigenvalue weighted by Gasteiger charge is -2.58. The third-order valence-corrected chi connectivity index (χ3v) is 6.40. The maximum absolute atomic E-state index is 6.37. The molecule has 0 N–H and O–H groups in total. The lowest BCUT2D eigenvalue weighted by atomic mass is 9.79. The van der Waals surface area contributed by atoms with Gasteiger partial charge in [0.1, 0.15) is 0 Å². The number of nitrogens with zero attached hydrogens (tertiary/aromatic N) is 2. The van der Waals surface area contributed by atoms with Crippen LogP contribution in [0.4, 0.5) is 0 Å². The van der Waals surface area contributed by atoms with Crippen LogP contribution in [0.2, 0.25) is 0 Å². The van der Waals surface area contributed by atoms with Crippen molar-refractivity contribution in [3.8, 4) is 0 Å². The average Bonchev–Trinajstić information content (AvgIpc) is 2.58. The summed E-state index contributed by atoms with van der Waals surface area (Å²) in [4.78, 5) is 6.35. The van der Waals surface area contributed by atoms with E-state index in [0.717, 1.165) is 26.1 Å². The lowest BCUT2D eigenvalue weighted by molar-refractivity contribution is -0.142. The van der Waals surface area contributed by atoms with Crippen LogP contribution in [0, 0.1) is 11.8 Å². The van der Waals surface area contributed by atoms with Gasteiger partial charge in [0.2, 0.25) is 0 Å². The number of likely N-dealkylation sites (tertiary alicyclic amines) is 1. The number of hydrogen-bond acceptors (Lipinski definition) is 3. The third kappa shape index (κ3) is 3.00. The van der Waals surface area contributed by atoms with E-state index in [1.54, 1.807) is 0 Å². The molecule has 3 aliphatic heterocycles. The molecule has 0 aliphatic carbocycles. The van der Waals surface area contributed by atoms with E-state index in [0.29, 0.717) is 30.0 Å². The molecule has 4 rings (SSSR count). The highest BCUT2D eigenvalue weighted by Crippen LogP contribution is 2.39. The molecule has 130 valence electrons. The van der Waals surface area contributed by atoms with Crippen molar-refractivity contribution in [1.29, 1.82) is 0 Å². The third-order valence-electron chi connectivity index (χ3n) is 5.99. The second-order valence-electron chi connectivity index (χ2n) is 7.95. The van der Waals surface area contributed by atoms with Crippen molar-refractivity contribution in [2.75, 3.05) is 19.7 Å². The van der Waals surface area contributed by atoms with Gasteiger partial charge in [-0.15, -0.1) is 0 Å². The van der Waals surface area contributed by atoms with E-state index in [1.807, 2.05) is 0 Å². The van der Waals surface area contributed by atoms with E-state index >= 15 is 0 Å². The maximum atomic E-state index is 6.37. The summed E-state index contributed by atoms with van der Waals surface area (Å²) in [5.41, 5.74) is 1.40. The first-order valence-corrected chi connectivity index (χ1v) is 9.73. The van der Waals surface area contributed by atoms with Crippen LogP contribution in [0.5, 0.6) is 0 Å². The van der Waals surface area contributed by atoms with Crippen LogP contribution in [0.3, 0.4) is 0 Å². The summed E-state index contributed by atoms with van der Waals surface area (Å²) in [5.74, 6) is 1.27. The van der Waals surface area contributed by atoms with Crippen LogP contribution < -0.4 is 0 Å². The Balaban J connectivity index is 1.53. The zero-order chi connectivity index (χ0) is 16.7. The Morgan fingerprint density at radius 2 is 2.00 bits per heavy atom. The first-order chi connectivity index (χ1) is 11.6. The molecular formula is C20H28N2OS. The minimum absolute atomic E-state index is 0.306. The maximum Gasteiger partial charge on any atom is 0.0909 e. The molecule has 0 spiro atoms. The predicted octanol–water partition coefficient (Wildman–Crippen LogP) is 3.33. The van der Waals surface area contributed by atoms with E-state index < -0.39 is 0 Å². The number of thiocarbonyl (C=S) groups is 1. The fourth-order valence-electron chi connectivity index (χ4n) is 4.80. The van der Waals surface area contributed by atoms with E-state index in [2.05, 4.69) is 54.0 Å². The summed E-state index contributed by atoms with van der Waals surface area (Å²) in [6.45, 7) is 8.65. The molecule has 3 heterocycles. The highest BCUT2D eigenvalue weighted by molar-refractivity contribution is 7.80. The highest BCUT2D eigenvalue weighted by atomic mass is 32.1. The van der Waals surface area contributed by atoms with Gasteiger partial charge in [0.25, 0.3) is 0 Å². The second kappa shape index (κ2) is 6.74. The topological polar surface area (TPSA) is 15.7 Å². The Hall–Kier alpha value is -0.970. The smallest absolute Gasteiger partial charge is 0.0909 e. The normalized spacial score (nSPS) is 33.6. The monoisotopic (exact) mass is 344 g/mol. The molecule has 4 heteroatoms. The molecule has 3 fully saturated rings. The van der Waals surface area contributed by atoms with Gasteiger partial charge < -0.3 is 9.64 Å². The SMILES string of the molecule is CC(C)[C@H]1COC2CN(Cc3ccccc3)C[C@H]3CCC(=S)N1C23. The molecular weight excluding hydrogens is 316 g/mol. The molecule has 3 saturated heterocycles. The van der Waals surface area contributed by atoms with Crippen LogP contribution in [0.15, 0.2) is 30.3 Å². The van der Waals surface area contributed by atoms with E-state index in [1.165, 1.54) is 23.5 Å². The molecule has 0 bridgehead atoms. The van der Waals surface area contributed by atoms with Crippen molar-refractivity contribution in [3.63, 3.8) is 0 Å². The van der Waals surface area contributed by atoms with Gasteiger partial charge in [0, 0.05) is 19.6 Å². The van der Waals surface area contributed by atoms with Gasteiger partial charge in [-0.3, -0.25) is 4.90 Å². The summed E-state index contributed by atoms with van der Waals surface area (Å²) in [7, 11) is 0. The van der Waals surface area contributed by atoms with Crippen molar-refractivity contribution in [2.45, 2.75) is 51.4 Å². The fraction of sp³-hybridized carbons (Fsp3) is 0.650. The number of piperidine rings is 2. The number of ether oxygens (including phenoxy) is 1. The molecule has 0 aromatic heterocycles. The average molecular weight is 345 g/mol. The van der Waals surface area contributed by atoms with Gasteiger partial charge in [-0.2, -0.15) is 0 Å². The van der Waals surface area contributed by atoms with Crippen LogP contribution in [-0.2, 0) is 11.3 Å². The Kier molecular flexibility index (Phi) is 4.63. The fourth-order valence-corrected chi connectivity index (χ4v) is 5.17. The van der Waals surface area contributed by atoms with Crippen LogP contribution >= 0.6 is 12.2 Å². The minimum Gasteiger partial charge on any atom is -0.373 e. The van der Waals surface area contributed by atoms with E-state index in [9.17, 15) is 0 Å². The van der Waals surface area contributed by atoms with Gasteiger partial charge in [-0.1, -0.05) is 56.4 Å². The molecule has 3 aliphatic rings. The molecule has 0 radical (unpaired) electrons. The first-order valence-electron chi connectivity index (χ1n) is 9.32. The van der Waals surface area contributed by atoms with Crippen LogP contribution in [0.25, 0.3) is 0 Å². The zero-order valence-corrected chi connectivity index (χ0v) is 15.5. The van der Waals surface area contributed by atoms with Crippen molar-refractivity contribution >= 4 is 17.2 Å². The van der Waals surface area contributed by atoms with Gasteiger partial charge in [0.05, 0.1) is 29.8 Å². The molecule has 1 aromatic carbocycles. The Bertz CT molecular complexity index is 583. The van der Waals surface area contributed by atoms with Crippen molar-refractivity contribution in [1.82, 2.24) is 9.80 Å². The Morgan fingerprint density at radius 3 is 2.75 bits per heavy atom. The second-order valence-corrected chi connectivity index (χ2v) is 8.42. The number of morpholine rings is 1. The number of benzene rings is 1. The first kappa shape index (κ1) is 16.5. The van der Waals surface area contributed by atoms with Crippen molar-refractivity contribution < 1.29 is 4.74 Å². The Labute approximate surface area is 151 Å². The van der Waals surface area contributed by atoms with E-state index in [4.69, 9.17) is 17.0 Å². The van der Waals surface area contributed by atoms with Crippen LogP contribution in [0.1, 0.15) is 32.3 Å². The molecule has 0 amide bonds. The molecule has 2 unspecified atom stereocenters. The molecule has 0 saturated carbocycles. The molecule has 3 nitrogen and oxygen atoms in total. The summed E-state index contributed by atoms with van der Waals surface area (Å²) in [6.07, 6.45) is 2.60. The molecule has 1 aromatic rings. The molecule has 4 atom stereocenters. The highest BCUT2D eigenvalue weighted by Gasteiger charge is 2.49. The summed E-state index contributed by atoms with van der Waals surface area (Å²) in [5, 5.41) is 0. The van der Waals surface area contributed by atoms with Crippen molar-refractivity contribution in [2.24, 2.45) is 11.8 Å². The number of rotatable bonds is 3. The zero-order valence-electron chi connectivity index (χ0n) is 14.7. The Morgan fingerprint density at radius 1 is 1.21 bits per heavy atom. The quantitative estimate of drug-likeness (QED) is 0.781. The standard InChI is InChI=1S/C20H28N2OS/c1-14(2)17-13-23-18-12-21(10-15-6-4-3-5-7-15)11-16-8-9-19(24)22(17)20(16)18/h3-7,14,16-18,20H,8-13H2,1-2H3/t16-,17-,18?,20?/m1/s1.